The van der Waals surface area contributed by atoms with Crippen molar-refractivity contribution in [1.82, 2.24) is 10.2 Å². The molecule has 0 heterocycles. The minimum atomic E-state index is -4.11. The highest BCUT2D eigenvalue weighted by molar-refractivity contribution is 7.92. The van der Waals surface area contributed by atoms with Gasteiger partial charge < -0.3 is 10.2 Å². The van der Waals surface area contributed by atoms with Crippen LogP contribution in [0.5, 0.6) is 0 Å². The van der Waals surface area contributed by atoms with Crippen LogP contribution in [0.1, 0.15) is 43.0 Å². The number of nitrogens with zero attached hydrogens (tertiary/aromatic N) is 2. The van der Waals surface area contributed by atoms with Crippen LogP contribution in [0.3, 0.4) is 0 Å². The van der Waals surface area contributed by atoms with Gasteiger partial charge in [0.25, 0.3) is 10.0 Å². The first-order chi connectivity index (χ1) is 18.3. The molecule has 3 rings (SSSR count). The quantitative estimate of drug-likeness (QED) is 0.354. The molecular formula is C30H36ClN3O4S. The first-order valence-electron chi connectivity index (χ1n) is 12.8. The van der Waals surface area contributed by atoms with Gasteiger partial charge in [0.15, 0.2) is 0 Å². The summed E-state index contributed by atoms with van der Waals surface area (Å²) in [6, 6.07) is 17.9. The van der Waals surface area contributed by atoms with Gasteiger partial charge in [-0.05, 0) is 88.6 Å². The monoisotopic (exact) mass is 569 g/mol. The summed E-state index contributed by atoms with van der Waals surface area (Å²) in [7, 11) is -4.11. The summed E-state index contributed by atoms with van der Waals surface area (Å²) in [6.07, 6.45) is 0. The highest BCUT2D eigenvalue weighted by Gasteiger charge is 2.33. The van der Waals surface area contributed by atoms with Gasteiger partial charge in [-0.3, -0.25) is 13.9 Å². The number of nitrogens with one attached hydrogen (secondary N) is 1. The van der Waals surface area contributed by atoms with Crippen molar-refractivity contribution in [2.45, 2.75) is 65.1 Å². The van der Waals surface area contributed by atoms with Crippen molar-refractivity contribution < 1.29 is 18.0 Å². The predicted octanol–water partition coefficient (Wildman–Crippen LogP) is 5.40. The predicted molar refractivity (Wildman–Crippen MR) is 156 cm³/mol. The molecule has 3 aromatic rings. The fraction of sp³-hybridized carbons (Fsp3) is 0.333. The molecule has 1 unspecified atom stereocenters. The number of aryl methyl sites for hydroxylation is 2. The summed E-state index contributed by atoms with van der Waals surface area (Å²) in [5.41, 5.74) is 3.73. The number of amides is 2. The zero-order chi connectivity index (χ0) is 28.9. The van der Waals surface area contributed by atoms with Crippen molar-refractivity contribution >= 4 is 39.1 Å². The molecule has 0 radical (unpaired) electrons. The van der Waals surface area contributed by atoms with Crippen LogP contribution >= 0.6 is 11.6 Å². The molecule has 9 heteroatoms. The van der Waals surface area contributed by atoms with Crippen LogP contribution < -0.4 is 9.62 Å². The Morgan fingerprint density at radius 2 is 1.51 bits per heavy atom. The number of carbonyl (C=O) groups is 2. The van der Waals surface area contributed by atoms with Crippen LogP contribution in [-0.4, -0.2) is 43.8 Å². The van der Waals surface area contributed by atoms with Crippen LogP contribution in [0, 0.1) is 20.8 Å². The second-order valence-electron chi connectivity index (χ2n) is 10.0. The summed E-state index contributed by atoms with van der Waals surface area (Å²) in [5.74, 6) is -0.833. The van der Waals surface area contributed by atoms with Gasteiger partial charge in [0, 0.05) is 17.6 Å². The molecule has 1 N–H and O–H groups in total. The van der Waals surface area contributed by atoms with E-state index in [0.29, 0.717) is 10.7 Å². The number of rotatable bonds is 10. The SMILES string of the molecule is Cc1ccc(S(=O)(=O)N(CC(=O)N(Cc2ccc(Cl)cc2)C(C)C(=O)NC(C)C)c2cccc(C)c2C)cc1. The number of halogens is 1. The topological polar surface area (TPSA) is 86.8 Å². The van der Waals surface area contributed by atoms with Gasteiger partial charge in [-0.2, -0.15) is 0 Å². The van der Waals surface area contributed by atoms with Crippen LogP contribution in [-0.2, 0) is 26.2 Å². The standard InChI is InChI=1S/C30H36ClN3O4S/c1-20(2)32-30(36)24(6)33(18-25-12-14-26(31)15-13-25)29(35)19-34(28-9-7-8-22(4)23(28)5)39(37,38)27-16-10-21(3)11-17-27/h7-17,20,24H,18-19H2,1-6H3,(H,32,36). The lowest BCUT2D eigenvalue weighted by molar-refractivity contribution is -0.139. The van der Waals surface area contributed by atoms with Gasteiger partial charge in [-0.1, -0.05) is 53.6 Å². The fourth-order valence-electron chi connectivity index (χ4n) is 4.13. The maximum atomic E-state index is 14.0. The first kappa shape index (κ1) is 30.2. The Morgan fingerprint density at radius 1 is 0.897 bits per heavy atom. The number of benzene rings is 3. The van der Waals surface area contributed by atoms with Gasteiger partial charge in [0.2, 0.25) is 11.8 Å². The third kappa shape index (κ3) is 7.40. The third-order valence-electron chi connectivity index (χ3n) is 6.60. The van der Waals surface area contributed by atoms with Gasteiger partial charge in [0.1, 0.15) is 12.6 Å². The largest absolute Gasteiger partial charge is 0.352 e. The van der Waals surface area contributed by atoms with E-state index in [-0.39, 0.29) is 23.4 Å². The third-order valence-corrected chi connectivity index (χ3v) is 8.62. The molecule has 7 nitrogen and oxygen atoms in total. The normalized spacial score (nSPS) is 12.2. The summed E-state index contributed by atoms with van der Waals surface area (Å²) in [5, 5.41) is 3.40. The molecule has 0 aliphatic carbocycles. The first-order valence-corrected chi connectivity index (χ1v) is 14.6. The average molecular weight is 570 g/mol. The van der Waals surface area contributed by atoms with E-state index in [1.54, 1.807) is 55.5 Å². The molecule has 0 aliphatic heterocycles. The summed E-state index contributed by atoms with van der Waals surface area (Å²) >= 11 is 6.05. The second-order valence-corrected chi connectivity index (χ2v) is 12.3. The van der Waals surface area contributed by atoms with E-state index in [1.165, 1.54) is 17.0 Å². The zero-order valence-electron chi connectivity index (χ0n) is 23.2. The zero-order valence-corrected chi connectivity index (χ0v) is 24.8. The van der Waals surface area contributed by atoms with E-state index in [0.717, 1.165) is 26.6 Å². The Hall–Kier alpha value is -3.36. The van der Waals surface area contributed by atoms with Crippen molar-refractivity contribution in [2.24, 2.45) is 0 Å². The molecule has 0 saturated carbocycles. The Labute approximate surface area is 236 Å². The van der Waals surface area contributed by atoms with Crippen LogP contribution in [0.15, 0.2) is 71.6 Å². The van der Waals surface area contributed by atoms with E-state index in [4.69, 9.17) is 11.6 Å². The smallest absolute Gasteiger partial charge is 0.264 e. The molecule has 1 atom stereocenters. The minimum absolute atomic E-state index is 0.0802. The highest BCUT2D eigenvalue weighted by Crippen LogP contribution is 2.29. The Morgan fingerprint density at radius 3 is 2.10 bits per heavy atom. The lowest BCUT2D eigenvalue weighted by atomic mass is 10.1. The van der Waals surface area contributed by atoms with Crippen LogP contribution in [0.25, 0.3) is 0 Å². The van der Waals surface area contributed by atoms with E-state index in [1.807, 2.05) is 40.7 Å². The van der Waals surface area contributed by atoms with E-state index < -0.39 is 28.5 Å². The van der Waals surface area contributed by atoms with Gasteiger partial charge in [-0.25, -0.2) is 8.42 Å². The van der Waals surface area contributed by atoms with E-state index >= 15 is 0 Å². The average Bonchev–Trinajstić information content (AvgIpc) is 2.88. The second kappa shape index (κ2) is 12.7. The fourth-order valence-corrected chi connectivity index (χ4v) is 5.73. The van der Waals surface area contributed by atoms with Crippen LogP contribution in [0.2, 0.25) is 5.02 Å². The van der Waals surface area contributed by atoms with Gasteiger partial charge in [-0.15, -0.1) is 0 Å². The molecular weight excluding hydrogens is 534 g/mol. The Kier molecular flexibility index (Phi) is 9.80. The molecule has 3 aromatic carbocycles. The maximum Gasteiger partial charge on any atom is 0.264 e. The molecule has 0 aromatic heterocycles. The van der Waals surface area contributed by atoms with E-state index in [9.17, 15) is 18.0 Å². The Balaban J connectivity index is 2.07. The number of anilines is 1. The molecule has 0 saturated heterocycles. The maximum absolute atomic E-state index is 14.0. The van der Waals surface area contributed by atoms with Crippen molar-refractivity contribution in [3.05, 3.63) is 94.0 Å². The summed E-state index contributed by atoms with van der Waals surface area (Å²) in [6.45, 7) is 10.5. The van der Waals surface area contributed by atoms with Crippen molar-refractivity contribution in [2.75, 3.05) is 10.8 Å². The summed E-state index contributed by atoms with van der Waals surface area (Å²) in [4.78, 5) is 28.4. The van der Waals surface area contributed by atoms with Crippen molar-refractivity contribution in [1.29, 1.82) is 0 Å². The van der Waals surface area contributed by atoms with Gasteiger partial charge >= 0.3 is 0 Å². The summed E-state index contributed by atoms with van der Waals surface area (Å²) < 4.78 is 29.1. The lowest BCUT2D eigenvalue weighted by Crippen LogP contribution is -2.52. The molecule has 0 fully saturated rings. The Bertz CT molecular complexity index is 1420. The molecule has 0 bridgehead atoms. The number of hydrogen-bond acceptors (Lipinski definition) is 4. The molecule has 39 heavy (non-hydrogen) atoms. The molecule has 2 amide bonds. The number of hydrogen-bond donors (Lipinski definition) is 1. The lowest BCUT2D eigenvalue weighted by Gasteiger charge is -2.33. The van der Waals surface area contributed by atoms with E-state index in [2.05, 4.69) is 5.32 Å². The molecule has 208 valence electrons. The van der Waals surface area contributed by atoms with Crippen LogP contribution in [0.4, 0.5) is 5.69 Å². The highest BCUT2D eigenvalue weighted by atomic mass is 35.5. The number of carbonyl (C=O) groups excluding carboxylic acids is 2. The minimum Gasteiger partial charge on any atom is -0.352 e. The molecule has 0 aliphatic rings. The van der Waals surface area contributed by atoms with Crippen molar-refractivity contribution in [3.63, 3.8) is 0 Å². The number of sulfonamides is 1. The van der Waals surface area contributed by atoms with Gasteiger partial charge in [0.05, 0.1) is 10.6 Å². The molecule has 0 spiro atoms. The van der Waals surface area contributed by atoms with Crippen molar-refractivity contribution in [3.8, 4) is 0 Å².